The third kappa shape index (κ3) is 3.33. The van der Waals surface area contributed by atoms with Gasteiger partial charge < -0.3 is 19.3 Å². The summed E-state index contributed by atoms with van der Waals surface area (Å²) in [4.78, 5) is 27.9. The first-order chi connectivity index (χ1) is 15.8. The summed E-state index contributed by atoms with van der Waals surface area (Å²) in [6, 6.07) is 17.5. The molecule has 1 amide bonds. The lowest BCUT2D eigenvalue weighted by Gasteiger charge is -2.36. The summed E-state index contributed by atoms with van der Waals surface area (Å²) in [5, 5.41) is 3.07. The van der Waals surface area contributed by atoms with Crippen LogP contribution in [0.25, 0.3) is 21.6 Å². The highest BCUT2D eigenvalue weighted by molar-refractivity contribution is 7.13. The molecule has 4 aromatic rings. The largest absolute Gasteiger partial charge is 0.454 e. The zero-order valence-electron chi connectivity index (χ0n) is 17.2. The van der Waals surface area contributed by atoms with Crippen molar-refractivity contribution in [3.05, 3.63) is 65.5 Å². The van der Waals surface area contributed by atoms with E-state index in [0.29, 0.717) is 43.2 Å². The first-order valence-electron chi connectivity index (χ1n) is 10.5. The number of piperazine rings is 1. The van der Waals surface area contributed by atoms with Gasteiger partial charge in [0.2, 0.25) is 6.79 Å². The summed E-state index contributed by atoms with van der Waals surface area (Å²) in [6.45, 7) is 2.87. The summed E-state index contributed by atoms with van der Waals surface area (Å²) in [6.07, 6.45) is 0. The van der Waals surface area contributed by atoms with Crippen LogP contribution in [0.2, 0.25) is 0 Å². The molecule has 160 valence electrons. The predicted octanol–water partition coefficient (Wildman–Crippen LogP) is 4.05. The SMILES string of the molecule is O=C(c1ccc2c(c1)OCO2)N1CCN(c2nc(-c3cccs3)nc3ccccc23)CC1. The van der Waals surface area contributed by atoms with Gasteiger partial charge in [-0.15, -0.1) is 11.3 Å². The number of para-hydroxylation sites is 1. The molecule has 2 aliphatic heterocycles. The highest BCUT2D eigenvalue weighted by Crippen LogP contribution is 2.33. The number of nitrogens with zero attached hydrogens (tertiary/aromatic N) is 4. The third-order valence-electron chi connectivity index (χ3n) is 5.81. The second-order valence-electron chi connectivity index (χ2n) is 7.71. The average molecular weight is 445 g/mol. The van der Waals surface area contributed by atoms with E-state index in [9.17, 15) is 4.79 Å². The maximum absolute atomic E-state index is 13.1. The molecule has 32 heavy (non-hydrogen) atoms. The van der Waals surface area contributed by atoms with Crippen molar-refractivity contribution < 1.29 is 14.3 Å². The van der Waals surface area contributed by atoms with Crippen molar-refractivity contribution >= 4 is 34.0 Å². The summed E-state index contributed by atoms with van der Waals surface area (Å²) in [7, 11) is 0. The van der Waals surface area contributed by atoms with E-state index in [1.807, 2.05) is 40.6 Å². The van der Waals surface area contributed by atoms with Crippen LogP contribution in [0.5, 0.6) is 11.5 Å². The number of carbonyl (C=O) groups excluding carboxylic acids is 1. The number of aromatic nitrogens is 2. The van der Waals surface area contributed by atoms with Crippen LogP contribution in [0.3, 0.4) is 0 Å². The molecule has 0 unspecified atom stereocenters. The van der Waals surface area contributed by atoms with E-state index < -0.39 is 0 Å². The fourth-order valence-electron chi connectivity index (χ4n) is 4.15. The zero-order chi connectivity index (χ0) is 21.5. The Morgan fingerprint density at radius 2 is 1.75 bits per heavy atom. The van der Waals surface area contributed by atoms with Crippen molar-refractivity contribution in [3.8, 4) is 22.2 Å². The average Bonchev–Trinajstić information content (AvgIpc) is 3.55. The maximum atomic E-state index is 13.1. The van der Waals surface area contributed by atoms with Crippen molar-refractivity contribution in [2.75, 3.05) is 37.9 Å². The monoisotopic (exact) mass is 444 g/mol. The number of carbonyl (C=O) groups is 1. The second kappa shape index (κ2) is 7.80. The smallest absolute Gasteiger partial charge is 0.254 e. The fraction of sp³-hybridized carbons (Fsp3) is 0.208. The topological polar surface area (TPSA) is 67.8 Å². The number of fused-ring (bicyclic) bond motifs is 2. The van der Waals surface area contributed by atoms with E-state index in [1.165, 1.54) is 0 Å². The van der Waals surface area contributed by atoms with Crippen LogP contribution in [0.4, 0.5) is 5.82 Å². The number of anilines is 1. The van der Waals surface area contributed by atoms with E-state index >= 15 is 0 Å². The normalized spacial score (nSPS) is 15.4. The van der Waals surface area contributed by atoms with Crippen molar-refractivity contribution in [1.29, 1.82) is 0 Å². The van der Waals surface area contributed by atoms with Gasteiger partial charge in [-0.25, -0.2) is 9.97 Å². The number of hydrogen-bond donors (Lipinski definition) is 0. The van der Waals surface area contributed by atoms with E-state index in [1.54, 1.807) is 29.5 Å². The minimum Gasteiger partial charge on any atom is -0.454 e. The molecular weight excluding hydrogens is 424 g/mol. The maximum Gasteiger partial charge on any atom is 0.254 e. The van der Waals surface area contributed by atoms with Gasteiger partial charge in [0, 0.05) is 37.1 Å². The van der Waals surface area contributed by atoms with Gasteiger partial charge in [-0.05, 0) is 41.8 Å². The van der Waals surface area contributed by atoms with Gasteiger partial charge in [0.25, 0.3) is 5.91 Å². The number of benzene rings is 2. The van der Waals surface area contributed by atoms with Gasteiger partial charge in [-0.2, -0.15) is 0 Å². The van der Waals surface area contributed by atoms with Crippen LogP contribution >= 0.6 is 11.3 Å². The summed E-state index contributed by atoms with van der Waals surface area (Å²) in [5.41, 5.74) is 1.55. The van der Waals surface area contributed by atoms with Gasteiger partial charge in [0.15, 0.2) is 17.3 Å². The van der Waals surface area contributed by atoms with Gasteiger partial charge >= 0.3 is 0 Å². The molecule has 0 saturated carbocycles. The Balaban J connectivity index is 1.25. The minimum absolute atomic E-state index is 0.00905. The zero-order valence-corrected chi connectivity index (χ0v) is 18.0. The number of amides is 1. The Morgan fingerprint density at radius 3 is 2.59 bits per heavy atom. The fourth-order valence-corrected chi connectivity index (χ4v) is 4.81. The molecule has 2 aromatic carbocycles. The molecule has 0 aliphatic carbocycles. The molecule has 1 saturated heterocycles. The second-order valence-corrected chi connectivity index (χ2v) is 8.66. The first kappa shape index (κ1) is 19.1. The van der Waals surface area contributed by atoms with Crippen molar-refractivity contribution in [1.82, 2.24) is 14.9 Å². The predicted molar refractivity (Wildman–Crippen MR) is 124 cm³/mol. The van der Waals surface area contributed by atoms with Gasteiger partial charge in [-0.1, -0.05) is 18.2 Å². The molecule has 0 atom stereocenters. The van der Waals surface area contributed by atoms with Crippen LogP contribution in [0, 0.1) is 0 Å². The minimum atomic E-state index is 0.00905. The number of rotatable bonds is 3. The molecule has 2 aromatic heterocycles. The molecule has 0 N–H and O–H groups in total. The molecule has 8 heteroatoms. The molecule has 2 aliphatic rings. The standard InChI is InChI=1S/C24H20N4O3S/c29-24(16-7-8-19-20(14-16)31-15-30-19)28-11-9-27(10-12-28)23-17-4-1-2-5-18(17)25-22(26-23)21-6-3-13-32-21/h1-8,13-14H,9-12,15H2. The lowest BCUT2D eigenvalue weighted by atomic mass is 10.1. The summed E-state index contributed by atoms with van der Waals surface area (Å²) < 4.78 is 10.8. The highest BCUT2D eigenvalue weighted by atomic mass is 32.1. The highest BCUT2D eigenvalue weighted by Gasteiger charge is 2.26. The van der Waals surface area contributed by atoms with Crippen molar-refractivity contribution in [2.45, 2.75) is 0 Å². The van der Waals surface area contributed by atoms with Crippen molar-refractivity contribution in [3.63, 3.8) is 0 Å². The van der Waals surface area contributed by atoms with Gasteiger partial charge in [-0.3, -0.25) is 4.79 Å². The number of hydrogen-bond acceptors (Lipinski definition) is 7. The van der Waals surface area contributed by atoms with E-state index in [4.69, 9.17) is 19.4 Å². The summed E-state index contributed by atoms with van der Waals surface area (Å²) >= 11 is 1.63. The van der Waals surface area contributed by atoms with Gasteiger partial charge in [0.1, 0.15) is 5.82 Å². The Bertz CT molecular complexity index is 1300. The van der Waals surface area contributed by atoms with E-state index in [-0.39, 0.29) is 12.7 Å². The molecule has 0 spiro atoms. The molecule has 4 heterocycles. The Hall–Kier alpha value is -3.65. The third-order valence-corrected chi connectivity index (χ3v) is 6.68. The number of thiophene rings is 1. The summed E-state index contributed by atoms with van der Waals surface area (Å²) in [5.74, 6) is 2.99. The van der Waals surface area contributed by atoms with Crippen molar-refractivity contribution in [2.24, 2.45) is 0 Å². The lowest BCUT2D eigenvalue weighted by molar-refractivity contribution is 0.0746. The van der Waals surface area contributed by atoms with Crippen LogP contribution < -0.4 is 14.4 Å². The van der Waals surface area contributed by atoms with E-state index in [0.717, 1.165) is 27.4 Å². The molecular formula is C24H20N4O3S. The molecule has 0 radical (unpaired) electrons. The number of ether oxygens (including phenoxy) is 2. The van der Waals surface area contributed by atoms with Crippen LogP contribution in [0.15, 0.2) is 60.0 Å². The molecule has 6 rings (SSSR count). The Labute approximate surface area is 188 Å². The molecule has 0 bridgehead atoms. The molecule has 1 fully saturated rings. The Kier molecular flexibility index (Phi) is 4.65. The Morgan fingerprint density at radius 1 is 0.906 bits per heavy atom. The van der Waals surface area contributed by atoms with Crippen LogP contribution in [0.1, 0.15) is 10.4 Å². The quantitative estimate of drug-likeness (QED) is 0.475. The first-order valence-corrected chi connectivity index (χ1v) is 11.4. The van der Waals surface area contributed by atoms with Crippen LogP contribution in [-0.4, -0.2) is 53.7 Å². The van der Waals surface area contributed by atoms with Crippen LogP contribution in [-0.2, 0) is 0 Å². The lowest BCUT2D eigenvalue weighted by Crippen LogP contribution is -2.49. The van der Waals surface area contributed by atoms with Gasteiger partial charge in [0.05, 0.1) is 10.4 Å². The van der Waals surface area contributed by atoms with E-state index in [2.05, 4.69) is 11.0 Å². The molecule has 7 nitrogen and oxygen atoms in total.